The van der Waals surface area contributed by atoms with Gasteiger partial charge in [0.1, 0.15) is 0 Å². The highest BCUT2D eigenvalue weighted by Crippen LogP contribution is 2.18. The number of nitrogens with zero attached hydrogens (tertiary/aromatic N) is 1. The molecule has 1 atom stereocenters. The van der Waals surface area contributed by atoms with Gasteiger partial charge >= 0.3 is 0 Å². The molecule has 1 saturated heterocycles. The van der Waals surface area contributed by atoms with E-state index < -0.39 is 0 Å². The number of ketones is 1. The number of carbonyl (C=O) groups excluding carboxylic acids is 1. The van der Waals surface area contributed by atoms with E-state index >= 15 is 0 Å². The summed E-state index contributed by atoms with van der Waals surface area (Å²) in [5.74, 6) is 0.121. The number of aliphatic hydroxyl groups excluding tert-OH is 1. The van der Waals surface area contributed by atoms with Crippen molar-refractivity contribution in [3.05, 3.63) is 34.3 Å². The molecule has 1 aliphatic heterocycles. The normalized spacial score (nSPS) is 20.4. The summed E-state index contributed by atoms with van der Waals surface area (Å²) in [4.78, 5) is 14.3. The molecular formula is C14H18BrNO3. The average Bonchev–Trinajstić information content (AvgIpc) is 2.45. The lowest BCUT2D eigenvalue weighted by Crippen LogP contribution is -2.48. The molecule has 5 heteroatoms. The van der Waals surface area contributed by atoms with Crippen LogP contribution < -0.4 is 0 Å². The Morgan fingerprint density at radius 1 is 1.47 bits per heavy atom. The summed E-state index contributed by atoms with van der Waals surface area (Å²) in [6.45, 7) is 2.71. The van der Waals surface area contributed by atoms with Crippen LogP contribution in [0, 0.1) is 0 Å². The minimum absolute atomic E-state index is 0.0146. The molecule has 1 aromatic rings. The van der Waals surface area contributed by atoms with Crippen LogP contribution in [0.15, 0.2) is 28.7 Å². The minimum Gasteiger partial charge on any atom is -0.395 e. The summed E-state index contributed by atoms with van der Waals surface area (Å²) < 4.78 is 6.15. The monoisotopic (exact) mass is 327 g/mol. The van der Waals surface area contributed by atoms with Crippen molar-refractivity contribution in [2.45, 2.75) is 12.5 Å². The highest BCUT2D eigenvalue weighted by molar-refractivity contribution is 9.10. The van der Waals surface area contributed by atoms with E-state index in [4.69, 9.17) is 4.74 Å². The molecule has 1 N–H and O–H groups in total. The highest BCUT2D eigenvalue weighted by atomic mass is 79.9. The van der Waals surface area contributed by atoms with Gasteiger partial charge in [-0.3, -0.25) is 9.69 Å². The first-order valence-corrected chi connectivity index (χ1v) is 7.22. The summed E-state index contributed by atoms with van der Waals surface area (Å²) in [5.41, 5.74) is 0.719. The second-order valence-corrected chi connectivity index (χ2v) is 5.45. The molecule has 2 rings (SSSR count). The molecule has 0 aromatic heterocycles. The summed E-state index contributed by atoms with van der Waals surface area (Å²) in [7, 11) is 0. The second-order valence-electron chi connectivity index (χ2n) is 4.60. The van der Waals surface area contributed by atoms with E-state index in [1.54, 1.807) is 0 Å². The summed E-state index contributed by atoms with van der Waals surface area (Å²) >= 11 is 3.39. The van der Waals surface area contributed by atoms with Crippen LogP contribution >= 0.6 is 15.9 Å². The van der Waals surface area contributed by atoms with E-state index in [9.17, 15) is 9.90 Å². The number of morpholine rings is 1. The molecule has 1 aromatic carbocycles. The molecule has 0 saturated carbocycles. The number of rotatable bonds is 5. The fraction of sp³-hybridized carbons (Fsp3) is 0.500. The standard InChI is InChI=1S/C14H18BrNO3/c15-13-4-2-1-3-12(13)14(18)5-6-16-7-8-19-10-11(16)9-17/h1-4,11,17H,5-10H2. The van der Waals surface area contributed by atoms with Gasteiger partial charge < -0.3 is 9.84 Å². The molecule has 1 fully saturated rings. The number of hydrogen-bond acceptors (Lipinski definition) is 4. The first-order valence-electron chi connectivity index (χ1n) is 6.42. The predicted octanol–water partition coefficient (Wildman–Crippen LogP) is 1.71. The van der Waals surface area contributed by atoms with Gasteiger partial charge in [0.15, 0.2) is 5.78 Å². The van der Waals surface area contributed by atoms with Crippen LogP contribution in [0.5, 0.6) is 0 Å². The van der Waals surface area contributed by atoms with Crippen molar-refractivity contribution in [3.63, 3.8) is 0 Å². The number of halogens is 1. The van der Waals surface area contributed by atoms with Crippen molar-refractivity contribution in [2.24, 2.45) is 0 Å². The third kappa shape index (κ3) is 3.86. The lowest BCUT2D eigenvalue weighted by molar-refractivity contribution is -0.0270. The molecule has 0 aliphatic carbocycles. The maximum atomic E-state index is 12.2. The van der Waals surface area contributed by atoms with Gasteiger partial charge in [0.2, 0.25) is 0 Å². The lowest BCUT2D eigenvalue weighted by Gasteiger charge is -2.34. The average molecular weight is 328 g/mol. The van der Waals surface area contributed by atoms with Crippen LogP contribution in [0.2, 0.25) is 0 Å². The molecular weight excluding hydrogens is 310 g/mol. The third-order valence-corrected chi connectivity index (χ3v) is 4.05. The summed E-state index contributed by atoms with van der Waals surface area (Å²) in [6, 6.07) is 7.47. The molecule has 0 bridgehead atoms. The summed E-state index contributed by atoms with van der Waals surface area (Å²) in [5, 5.41) is 9.27. The van der Waals surface area contributed by atoms with Crippen LogP contribution in [0.25, 0.3) is 0 Å². The van der Waals surface area contributed by atoms with E-state index in [1.165, 1.54) is 0 Å². The molecule has 104 valence electrons. The fourth-order valence-corrected chi connectivity index (χ4v) is 2.72. The SMILES string of the molecule is O=C(CCN1CCOCC1CO)c1ccccc1Br. The van der Waals surface area contributed by atoms with Crippen LogP contribution in [0.1, 0.15) is 16.8 Å². The molecule has 0 spiro atoms. The van der Waals surface area contributed by atoms with E-state index in [-0.39, 0.29) is 18.4 Å². The number of ether oxygens (including phenoxy) is 1. The number of carbonyl (C=O) groups is 1. The predicted molar refractivity (Wildman–Crippen MR) is 76.4 cm³/mol. The smallest absolute Gasteiger partial charge is 0.165 e. The zero-order valence-electron chi connectivity index (χ0n) is 10.7. The Morgan fingerprint density at radius 3 is 3.00 bits per heavy atom. The quantitative estimate of drug-likeness (QED) is 0.836. The Bertz CT molecular complexity index is 438. The van der Waals surface area contributed by atoms with Gasteiger partial charge in [-0.05, 0) is 6.07 Å². The van der Waals surface area contributed by atoms with Gasteiger partial charge in [0.25, 0.3) is 0 Å². The highest BCUT2D eigenvalue weighted by Gasteiger charge is 2.22. The number of hydrogen-bond donors (Lipinski definition) is 1. The van der Waals surface area contributed by atoms with Crippen LogP contribution in [0.4, 0.5) is 0 Å². The van der Waals surface area contributed by atoms with Gasteiger partial charge in [0.05, 0.1) is 25.9 Å². The summed E-state index contributed by atoms with van der Waals surface area (Å²) in [6.07, 6.45) is 0.457. The van der Waals surface area contributed by atoms with Crippen molar-refractivity contribution in [2.75, 3.05) is 32.9 Å². The molecule has 1 aliphatic rings. The van der Waals surface area contributed by atoms with E-state index in [0.717, 1.165) is 16.6 Å². The van der Waals surface area contributed by atoms with Crippen LogP contribution in [0.3, 0.4) is 0 Å². The Labute approximate surface area is 121 Å². The van der Waals surface area contributed by atoms with Crippen molar-refractivity contribution >= 4 is 21.7 Å². The number of aliphatic hydroxyl groups is 1. The van der Waals surface area contributed by atoms with Gasteiger partial charge in [0, 0.05) is 29.5 Å². The maximum absolute atomic E-state index is 12.2. The zero-order chi connectivity index (χ0) is 13.7. The van der Waals surface area contributed by atoms with Gasteiger partial charge in [-0.2, -0.15) is 0 Å². The Hall–Kier alpha value is -0.750. The van der Waals surface area contributed by atoms with Crippen LogP contribution in [-0.4, -0.2) is 54.7 Å². The number of Topliss-reactive ketones (excluding diaryl/α,β-unsaturated/α-hetero) is 1. The topological polar surface area (TPSA) is 49.8 Å². The van der Waals surface area contributed by atoms with E-state index in [2.05, 4.69) is 20.8 Å². The minimum atomic E-state index is 0.0146. The van der Waals surface area contributed by atoms with Crippen molar-refractivity contribution in [1.82, 2.24) is 4.90 Å². The fourth-order valence-electron chi connectivity index (χ4n) is 2.22. The number of benzene rings is 1. The second kappa shape index (κ2) is 7.14. The van der Waals surface area contributed by atoms with Gasteiger partial charge in [-0.25, -0.2) is 0 Å². The van der Waals surface area contributed by atoms with Gasteiger partial charge in [-0.1, -0.05) is 34.1 Å². The lowest BCUT2D eigenvalue weighted by atomic mass is 10.1. The molecule has 1 heterocycles. The van der Waals surface area contributed by atoms with Gasteiger partial charge in [-0.15, -0.1) is 0 Å². The Balaban J connectivity index is 1.91. The zero-order valence-corrected chi connectivity index (χ0v) is 12.3. The molecule has 19 heavy (non-hydrogen) atoms. The Kier molecular flexibility index (Phi) is 5.51. The maximum Gasteiger partial charge on any atom is 0.165 e. The molecule has 4 nitrogen and oxygen atoms in total. The largest absolute Gasteiger partial charge is 0.395 e. The van der Waals surface area contributed by atoms with E-state index in [1.807, 2.05) is 24.3 Å². The molecule has 0 amide bonds. The van der Waals surface area contributed by atoms with Crippen LogP contribution in [-0.2, 0) is 4.74 Å². The first kappa shape index (κ1) is 14.7. The molecule has 0 radical (unpaired) electrons. The third-order valence-electron chi connectivity index (χ3n) is 3.36. The first-order chi connectivity index (χ1) is 9.22. The van der Waals surface area contributed by atoms with Crippen molar-refractivity contribution in [1.29, 1.82) is 0 Å². The van der Waals surface area contributed by atoms with E-state index in [0.29, 0.717) is 26.2 Å². The van der Waals surface area contributed by atoms with Crippen molar-refractivity contribution < 1.29 is 14.6 Å². The molecule has 1 unspecified atom stereocenters. The van der Waals surface area contributed by atoms with Crippen molar-refractivity contribution in [3.8, 4) is 0 Å². The Morgan fingerprint density at radius 2 is 2.26 bits per heavy atom.